The number of carbonyl (C=O) groups excluding carboxylic acids is 1. The number of anilines is 2. The molecule has 0 radical (unpaired) electrons. The fourth-order valence-electron chi connectivity index (χ4n) is 3.03. The normalized spacial score (nSPS) is 10.9. The molecule has 0 saturated heterocycles. The van der Waals surface area contributed by atoms with E-state index < -0.39 is 0 Å². The summed E-state index contributed by atoms with van der Waals surface area (Å²) < 4.78 is 5.39. The molecule has 4 aromatic rings. The van der Waals surface area contributed by atoms with E-state index in [1.54, 1.807) is 48.7 Å². The first-order valence-electron chi connectivity index (χ1n) is 10.0. The molecule has 1 amide bonds. The number of hydrogen-bond donors (Lipinski definition) is 3. The highest BCUT2D eigenvalue weighted by molar-refractivity contribution is 5.95. The van der Waals surface area contributed by atoms with Crippen LogP contribution in [0.4, 0.5) is 11.6 Å². The summed E-state index contributed by atoms with van der Waals surface area (Å²) in [4.78, 5) is 31.6. The zero-order valence-electron chi connectivity index (χ0n) is 17.3. The Kier molecular flexibility index (Phi) is 6.22. The molecule has 32 heavy (non-hydrogen) atoms. The molecule has 1 heterocycles. The maximum absolute atomic E-state index is 12.3. The van der Waals surface area contributed by atoms with Gasteiger partial charge in [0.05, 0.1) is 23.7 Å². The molecule has 0 spiro atoms. The maximum Gasteiger partial charge on any atom is 0.271 e. The third kappa shape index (κ3) is 4.99. The van der Waals surface area contributed by atoms with Gasteiger partial charge in [-0.15, -0.1) is 0 Å². The SMILES string of the molecule is CCOc1ccc(/C=N\NC(=O)c2ccc(Nc3nc4ccccc4c(=O)[nH]3)cc2)cc1. The van der Waals surface area contributed by atoms with Crippen LogP contribution in [-0.2, 0) is 0 Å². The molecule has 0 aliphatic heterocycles. The predicted molar refractivity (Wildman–Crippen MR) is 125 cm³/mol. The van der Waals surface area contributed by atoms with Crippen molar-refractivity contribution in [2.45, 2.75) is 6.92 Å². The van der Waals surface area contributed by atoms with Gasteiger partial charge < -0.3 is 10.1 Å². The van der Waals surface area contributed by atoms with Gasteiger partial charge in [0.15, 0.2) is 0 Å². The number of ether oxygens (including phenoxy) is 1. The van der Waals surface area contributed by atoms with Gasteiger partial charge in [-0.1, -0.05) is 12.1 Å². The average Bonchev–Trinajstić information content (AvgIpc) is 2.81. The van der Waals surface area contributed by atoms with E-state index in [0.717, 1.165) is 11.3 Å². The summed E-state index contributed by atoms with van der Waals surface area (Å²) in [6.07, 6.45) is 1.56. The van der Waals surface area contributed by atoms with Crippen LogP contribution >= 0.6 is 0 Å². The number of nitrogens with one attached hydrogen (secondary N) is 3. The van der Waals surface area contributed by atoms with Crippen molar-refractivity contribution < 1.29 is 9.53 Å². The minimum Gasteiger partial charge on any atom is -0.494 e. The summed E-state index contributed by atoms with van der Waals surface area (Å²) in [7, 11) is 0. The van der Waals surface area contributed by atoms with Crippen LogP contribution < -0.4 is 21.0 Å². The number of nitrogens with zero attached hydrogens (tertiary/aromatic N) is 2. The third-order valence-corrected chi connectivity index (χ3v) is 4.59. The minimum atomic E-state index is -0.337. The van der Waals surface area contributed by atoms with E-state index in [2.05, 4.69) is 25.8 Å². The largest absolute Gasteiger partial charge is 0.494 e. The highest BCUT2D eigenvalue weighted by Gasteiger charge is 2.06. The van der Waals surface area contributed by atoms with Crippen molar-refractivity contribution in [3.8, 4) is 5.75 Å². The standard InChI is InChI=1S/C24H21N5O3/c1-2-32-19-13-7-16(8-14-19)15-25-29-22(30)17-9-11-18(12-10-17)26-24-27-21-6-4-3-5-20(21)23(31)28-24/h3-15H,2H2,1H3,(H,29,30)(H2,26,27,28,31)/b25-15-. The quantitative estimate of drug-likeness (QED) is 0.307. The van der Waals surface area contributed by atoms with Crippen LogP contribution in [0.25, 0.3) is 10.9 Å². The summed E-state index contributed by atoms with van der Waals surface area (Å²) in [5.74, 6) is 0.771. The molecule has 0 bridgehead atoms. The third-order valence-electron chi connectivity index (χ3n) is 4.59. The van der Waals surface area contributed by atoms with Crippen molar-refractivity contribution in [3.63, 3.8) is 0 Å². The Bertz CT molecular complexity index is 1310. The van der Waals surface area contributed by atoms with Crippen LogP contribution in [0, 0.1) is 0 Å². The summed E-state index contributed by atoms with van der Waals surface area (Å²) in [6.45, 7) is 2.53. The minimum absolute atomic E-state index is 0.223. The van der Waals surface area contributed by atoms with Crippen LogP contribution in [0.2, 0.25) is 0 Å². The highest BCUT2D eigenvalue weighted by atomic mass is 16.5. The molecular formula is C24H21N5O3. The maximum atomic E-state index is 12.3. The molecule has 1 aromatic heterocycles. The lowest BCUT2D eigenvalue weighted by Gasteiger charge is -2.07. The van der Waals surface area contributed by atoms with E-state index in [-0.39, 0.29) is 11.5 Å². The second kappa shape index (κ2) is 9.57. The van der Waals surface area contributed by atoms with Gasteiger partial charge in [-0.05, 0) is 73.2 Å². The molecule has 3 N–H and O–H groups in total. The van der Waals surface area contributed by atoms with Gasteiger partial charge in [-0.25, -0.2) is 10.4 Å². The number of carbonyl (C=O) groups is 1. The molecule has 160 valence electrons. The van der Waals surface area contributed by atoms with Gasteiger partial charge >= 0.3 is 0 Å². The molecule has 8 heteroatoms. The van der Waals surface area contributed by atoms with Crippen molar-refractivity contribution in [2.24, 2.45) is 5.10 Å². The van der Waals surface area contributed by atoms with Crippen LogP contribution in [-0.4, -0.2) is 28.7 Å². The smallest absolute Gasteiger partial charge is 0.271 e. The lowest BCUT2D eigenvalue weighted by molar-refractivity contribution is 0.0955. The lowest BCUT2D eigenvalue weighted by Crippen LogP contribution is -2.17. The van der Waals surface area contributed by atoms with E-state index in [1.807, 2.05) is 37.3 Å². The van der Waals surface area contributed by atoms with E-state index in [9.17, 15) is 9.59 Å². The Balaban J connectivity index is 1.37. The van der Waals surface area contributed by atoms with Gasteiger partial charge in [0.25, 0.3) is 11.5 Å². The van der Waals surface area contributed by atoms with Crippen molar-refractivity contribution in [1.82, 2.24) is 15.4 Å². The topological polar surface area (TPSA) is 108 Å². The first kappa shape index (κ1) is 20.8. The van der Waals surface area contributed by atoms with E-state index >= 15 is 0 Å². The molecule has 8 nitrogen and oxygen atoms in total. The predicted octanol–water partition coefficient (Wildman–Crippen LogP) is 3.83. The molecule has 0 aliphatic carbocycles. The molecule has 0 saturated carbocycles. The first-order chi connectivity index (χ1) is 15.6. The van der Waals surface area contributed by atoms with E-state index in [0.29, 0.717) is 34.7 Å². The van der Waals surface area contributed by atoms with Crippen LogP contribution in [0.3, 0.4) is 0 Å². The molecule has 4 rings (SSSR count). The average molecular weight is 427 g/mol. The van der Waals surface area contributed by atoms with Crippen LogP contribution in [0.5, 0.6) is 5.75 Å². The van der Waals surface area contributed by atoms with Gasteiger partial charge in [0.1, 0.15) is 5.75 Å². The Morgan fingerprint density at radius 1 is 1.06 bits per heavy atom. The Labute approximate surface area is 184 Å². The molecule has 0 fully saturated rings. The van der Waals surface area contributed by atoms with Crippen molar-refractivity contribution >= 4 is 34.7 Å². The van der Waals surface area contributed by atoms with Crippen molar-refractivity contribution in [1.29, 1.82) is 0 Å². The highest BCUT2D eigenvalue weighted by Crippen LogP contribution is 2.15. The molecule has 0 unspecified atom stereocenters. The number of H-pyrrole nitrogens is 1. The number of rotatable bonds is 7. The first-order valence-corrected chi connectivity index (χ1v) is 10.0. The molecule has 0 aliphatic rings. The van der Waals surface area contributed by atoms with Gasteiger partial charge in [0, 0.05) is 11.3 Å². The lowest BCUT2D eigenvalue weighted by atomic mass is 10.2. The fraction of sp³-hybridized carbons (Fsp3) is 0.0833. The zero-order chi connectivity index (χ0) is 22.3. The second-order valence-corrected chi connectivity index (χ2v) is 6.84. The summed E-state index contributed by atoms with van der Waals surface area (Å²) >= 11 is 0. The second-order valence-electron chi connectivity index (χ2n) is 6.84. The summed E-state index contributed by atoms with van der Waals surface area (Å²) in [5.41, 5.74) is 4.84. The van der Waals surface area contributed by atoms with Gasteiger partial charge in [-0.3, -0.25) is 14.6 Å². The molecule has 0 atom stereocenters. The summed E-state index contributed by atoms with van der Waals surface area (Å²) in [5, 5.41) is 7.56. The van der Waals surface area contributed by atoms with E-state index in [4.69, 9.17) is 4.74 Å². The molecule has 3 aromatic carbocycles. The Hall–Kier alpha value is -4.46. The summed E-state index contributed by atoms with van der Waals surface area (Å²) in [6, 6.07) is 21.3. The number of aromatic nitrogens is 2. The molecular weight excluding hydrogens is 406 g/mol. The number of hydrogen-bond acceptors (Lipinski definition) is 6. The number of benzene rings is 3. The number of para-hydroxylation sites is 1. The van der Waals surface area contributed by atoms with Crippen LogP contribution in [0.15, 0.2) is 82.7 Å². The number of aromatic amines is 1. The van der Waals surface area contributed by atoms with Gasteiger partial charge in [0.2, 0.25) is 5.95 Å². The Morgan fingerprint density at radius 2 is 1.81 bits per heavy atom. The Morgan fingerprint density at radius 3 is 2.56 bits per heavy atom. The van der Waals surface area contributed by atoms with Gasteiger partial charge in [-0.2, -0.15) is 5.10 Å². The zero-order valence-corrected chi connectivity index (χ0v) is 17.3. The van der Waals surface area contributed by atoms with Crippen LogP contribution in [0.1, 0.15) is 22.8 Å². The number of fused-ring (bicyclic) bond motifs is 1. The van der Waals surface area contributed by atoms with Crippen molar-refractivity contribution in [2.75, 3.05) is 11.9 Å². The number of hydrazone groups is 1. The monoisotopic (exact) mass is 427 g/mol. The van der Waals surface area contributed by atoms with E-state index in [1.165, 1.54) is 0 Å². The van der Waals surface area contributed by atoms with Crippen molar-refractivity contribution in [3.05, 3.63) is 94.3 Å². The number of amides is 1. The fourth-order valence-corrected chi connectivity index (χ4v) is 3.03.